The molecule has 6 nitrogen and oxygen atoms in total. The van der Waals surface area contributed by atoms with E-state index in [4.69, 9.17) is 0 Å². The van der Waals surface area contributed by atoms with Crippen molar-refractivity contribution in [3.63, 3.8) is 0 Å². The van der Waals surface area contributed by atoms with Crippen molar-refractivity contribution in [3.8, 4) is 17.2 Å². The van der Waals surface area contributed by atoms with Gasteiger partial charge in [-0.15, -0.1) is 0 Å². The smallest absolute Gasteiger partial charge is 0.155 e. The second kappa shape index (κ2) is 7.76. The second-order valence-corrected chi connectivity index (χ2v) is 8.08. The summed E-state index contributed by atoms with van der Waals surface area (Å²) in [4.78, 5) is 11.8. The number of fused-ring (bicyclic) bond motifs is 1. The summed E-state index contributed by atoms with van der Waals surface area (Å²) in [6.45, 7) is 2.08. The molecule has 0 saturated carbocycles. The Bertz CT molecular complexity index is 1260. The zero-order valence-electron chi connectivity index (χ0n) is 16.0. The molecule has 0 bridgehead atoms. The molecule has 0 spiro atoms. The van der Waals surface area contributed by atoms with Gasteiger partial charge in [0.15, 0.2) is 5.82 Å². The minimum absolute atomic E-state index is 0.254. The lowest BCUT2D eigenvalue weighted by atomic mass is 10.1. The lowest BCUT2D eigenvalue weighted by Gasteiger charge is -2.16. The van der Waals surface area contributed by atoms with E-state index in [-0.39, 0.29) is 5.03 Å². The van der Waals surface area contributed by atoms with Crippen LogP contribution in [-0.4, -0.2) is 32.7 Å². The molecule has 0 amide bonds. The first-order chi connectivity index (χ1) is 14.7. The highest BCUT2D eigenvalue weighted by atomic mass is 32.2. The Morgan fingerprint density at radius 3 is 2.67 bits per heavy atom. The van der Waals surface area contributed by atoms with E-state index in [0.717, 1.165) is 30.0 Å². The molecule has 4 aromatic rings. The highest BCUT2D eigenvalue weighted by molar-refractivity contribution is 7.99. The SMILES string of the molecule is N#Cc1cnn2cc(-c3ccc(N4CCCC4)nc3)cc(Sc3ncccc3F)c12. The van der Waals surface area contributed by atoms with E-state index in [0.29, 0.717) is 16.0 Å². The van der Waals surface area contributed by atoms with Crippen LogP contribution < -0.4 is 4.90 Å². The number of hydrogen-bond donors (Lipinski definition) is 0. The van der Waals surface area contributed by atoms with Crippen molar-refractivity contribution in [1.82, 2.24) is 19.6 Å². The molecule has 30 heavy (non-hydrogen) atoms. The Kier molecular flexibility index (Phi) is 4.81. The number of nitriles is 1. The van der Waals surface area contributed by atoms with Gasteiger partial charge in [0.05, 0.1) is 17.3 Å². The molecule has 8 heteroatoms. The predicted octanol–water partition coefficient (Wildman–Crippen LogP) is 4.55. The van der Waals surface area contributed by atoms with E-state index in [1.807, 2.05) is 30.6 Å². The third kappa shape index (κ3) is 3.37. The zero-order chi connectivity index (χ0) is 20.5. The van der Waals surface area contributed by atoms with E-state index in [1.165, 1.54) is 36.9 Å². The summed E-state index contributed by atoms with van der Waals surface area (Å²) in [5.41, 5.74) is 2.88. The van der Waals surface area contributed by atoms with Crippen LogP contribution in [0, 0.1) is 17.1 Å². The summed E-state index contributed by atoms with van der Waals surface area (Å²) in [5, 5.41) is 14.0. The first kappa shape index (κ1) is 18.6. The summed E-state index contributed by atoms with van der Waals surface area (Å²) in [5.74, 6) is 0.578. The van der Waals surface area contributed by atoms with Crippen LogP contribution in [0.2, 0.25) is 0 Å². The maximum Gasteiger partial charge on any atom is 0.155 e. The number of anilines is 1. The van der Waals surface area contributed by atoms with Crippen molar-refractivity contribution >= 4 is 23.1 Å². The Hall–Kier alpha value is -3.44. The number of nitrogens with zero attached hydrogens (tertiary/aromatic N) is 6. The normalized spacial score (nSPS) is 13.7. The minimum Gasteiger partial charge on any atom is -0.357 e. The van der Waals surface area contributed by atoms with Crippen LogP contribution in [0.3, 0.4) is 0 Å². The summed E-state index contributed by atoms with van der Waals surface area (Å²) in [6, 6.07) is 11.1. The van der Waals surface area contributed by atoms with E-state index >= 15 is 0 Å². The number of pyridine rings is 3. The molecular weight excluding hydrogens is 399 g/mol. The monoisotopic (exact) mass is 416 g/mol. The number of aromatic nitrogens is 4. The van der Waals surface area contributed by atoms with Gasteiger partial charge in [-0.2, -0.15) is 10.4 Å². The zero-order valence-corrected chi connectivity index (χ0v) is 16.8. The predicted molar refractivity (Wildman–Crippen MR) is 113 cm³/mol. The molecule has 1 fully saturated rings. The topological polar surface area (TPSA) is 70.1 Å². The van der Waals surface area contributed by atoms with Gasteiger partial charge in [0.1, 0.15) is 16.9 Å². The van der Waals surface area contributed by atoms with Crippen LogP contribution in [0.5, 0.6) is 0 Å². The quantitative estimate of drug-likeness (QED) is 0.486. The minimum atomic E-state index is -0.402. The van der Waals surface area contributed by atoms with Crippen LogP contribution in [0.4, 0.5) is 10.2 Å². The Labute approximate surface area is 177 Å². The molecule has 0 aliphatic carbocycles. The lowest BCUT2D eigenvalue weighted by Crippen LogP contribution is -2.18. The maximum absolute atomic E-state index is 14.2. The number of hydrogen-bond acceptors (Lipinski definition) is 6. The van der Waals surface area contributed by atoms with Gasteiger partial charge in [-0.25, -0.2) is 18.9 Å². The van der Waals surface area contributed by atoms with Crippen molar-refractivity contribution in [2.24, 2.45) is 0 Å². The third-order valence-electron chi connectivity index (χ3n) is 5.14. The molecule has 1 aliphatic rings. The van der Waals surface area contributed by atoms with Crippen molar-refractivity contribution < 1.29 is 4.39 Å². The number of halogens is 1. The summed E-state index contributed by atoms with van der Waals surface area (Å²) >= 11 is 1.18. The molecular formula is C22H17FN6S. The molecule has 148 valence electrons. The molecule has 0 N–H and O–H groups in total. The Morgan fingerprint density at radius 2 is 1.93 bits per heavy atom. The number of rotatable bonds is 4. The lowest BCUT2D eigenvalue weighted by molar-refractivity contribution is 0.588. The van der Waals surface area contributed by atoms with Crippen LogP contribution in [-0.2, 0) is 0 Å². The van der Waals surface area contributed by atoms with Gasteiger partial charge in [-0.3, -0.25) is 0 Å². The Morgan fingerprint density at radius 1 is 1.07 bits per heavy atom. The van der Waals surface area contributed by atoms with E-state index in [9.17, 15) is 9.65 Å². The van der Waals surface area contributed by atoms with Crippen LogP contribution >= 0.6 is 11.8 Å². The van der Waals surface area contributed by atoms with Crippen molar-refractivity contribution in [2.45, 2.75) is 22.8 Å². The average molecular weight is 416 g/mol. The molecule has 0 atom stereocenters. The molecule has 0 aromatic carbocycles. The molecule has 5 heterocycles. The third-order valence-corrected chi connectivity index (χ3v) is 6.16. The first-order valence-corrected chi connectivity index (χ1v) is 10.5. The fourth-order valence-electron chi connectivity index (χ4n) is 3.64. The highest BCUT2D eigenvalue weighted by Gasteiger charge is 2.17. The standard InChI is InChI=1S/C22H17FN6S/c23-18-4-3-7-25-22(18)30-19-10-16(14-29-21(19)17(11-24)13-27-29)15-5-6-20(26-12-15)28-8-1-2-9-28/h3-7,10,12-14H,1-2,8-9H2. The summed E-state index contributed by atoms with van der Waals surface area (Å²) in [7, 11) is 0. The van der Waals surface area contributed by atoms with Gasteiger partial charge in [-0.05, 0) is 43.2 Å². The molecule has 1 aliphatic heterocycles. The first-order valence-electron chi connectivity index (χ1n) is 9.64. The van der Waals surface area contributed by atoms with E-state index in [1.54, 1.807) is 16.8 Å². The van der Waals surface area contributed by atoms with Gasteiger partial charge in [-0.1, -0.05) is 11.8 Å². The van der Waals surface area contributed by atoms with Crippen LogP contribution in [0.15, 0.2) is 65.0 Å². The largest absolute Gasteiger partial charge is 0.357 e. The molecule has 0 radical (unpaired) electrons. The van der Waals surface area contributed by atoms with Crippen molar-refractivity contribution in [3.05, 3.63) is 66.5 Å². The van der Waals surface area contributed by atoms with Gasteiger partial charge in [0, 0.05) is 47.7 Å². The fourth-order valence-corrected chi connectivity index (χ4v) is 4.62. The van der Waals surface area contributed by atoms with Crippen LogP contribution in [0.1, 0.15) is 18.4 Å². The molecule has 1 saturated heterocycles. The van der Waals surface area contributed by atoms with Crippen molar-refractivity contribution in [1.29, 1.82) is 5.26 Å². The summed E-state index contributed by atoms with van der Waals surface area (Å²) in [6.07, 6.45) is 9.18. The second-order valence-electron chi connectivity index (χ2n) is 7.05. The van der Waals surface area contributed by atoms with E-state index in [2.05, 4.69) is 26.0 Å². The fraction of sp³-hybridized carbons (Fsp3) is 0.182. The van der Waals surface area contributed by atoms with E-state index < -0.39 is 5.82 Å². The summed E-state index contributed by atoms with van der Waals surface area (Å²) < 4.78 is 15.9. The van der Waals surface area contributed by atoms with Gasteiger partial charge in [0.2, 0.25) is 0 Å². The molecule has 4 aromatic heterocycles. The maximum atomic E-state index is 14.2. The van der Waals surface area contributed by atoms with Crippen LogP contribution in [0.25, 0.3) is 16.6 Å². The van der Waals surface area contributed by atoms with Gasteiger partial charge in [0.25, 0.3) is 0 Å². The molecule has 5 rings (SSSR count). The average Bonchev–Trinajstić information content (AvgIpc) is 3.45. The Balaban J connectivity index is 1.58. The molecule has 0 unspecified atom stereocenters. The van der Waals surface area contributed by atoms with Gasteiger partial charge < -0.3 is 4.90 Å². The van der Waals surface area contributed by atoms with Gasteiger partial charge >= 0.3 is 0 Å². The highest BCUT2D eigenvalue weighted by Crippen LogP contribution is 2.36. The van der Waals surface area contributed by atoms with Crippen molar-refractivity contribution in [2.75, 3.05) is 18.0 Å².